The molecule has 0 bridgehead atoms. The summed E-state index contributed by atoms with van der Waals surface area (Å²) in [5.74, 6) is 0.536. The smallest absolute Gasteiger partial charge is 0.226 e. The average molecular weight is 352 g/mol. The maximum absolute atomic E-state index is 12.9. The van der Waals surface area contributed by atoms with Gasteiger partial charge in [-0.1, -0.05) is 44.4 Å². The van der Waals surface area contributed by atoms with Crippen molar-refractivity contribution in [2.75, 3.05) is 13.2 Å². The summed E-state index contributed by atoms with van der Waals surface area (Å²) in [5, 5.41) is 4.53. The zero-order valence-electron chi connectivity index (χ0n) is 15.5. The normalized spacial score (nSPS) is 25.3. The Morgan fingerprint density at radius 3 is 2.85 bits per heavy atom. The largest absolute Gasteiger partial charge is 0.379 e. The molecular formula is C22H28N2O2. The molecular weight excluding hydrogens is 324 g/mol. The van der Waals surface area contributed by atoms with E-state index in [2.05, 4.69) is 35.4 Å². The maximum Gasteiger partial charge on any atom is 0.226 e. The van der Waals surface area contributed by atoms with Crippen LogP contribution in [0.5, 0.6) is 0 Å². The first-order chi connectivity index (χ1) is 12.7. The van der Waals surface area contributed by atoms with Gasteiger partial charge in [-0.25, -0.2) is 0 Å². The van der Waals surface area contributed by atoms with E-state index in [1.54, 1.807) is 0 Å². The summed E-state index contributed by atoms with van der Waals surface area (Å²) < 4.78 is 5.74. The van der Waals surface area contributed by atoms with Crippen LogP contribution in [0.4, 0.5) is 0 Å². The molecule has 2 heterocycles. The number of carbonyl (C=O) groups excluding carboxylic acids is 1. The number of amides is 1. The number of hydrogen-bond acceptors (Lipinski definition) is 3. The summed E-state index contributed by atoms with van der Waals surface area (Å²) in [5.41, 5.74) is 2.11. The summed E-state index contributed by atoms with van der Waals surface area (Å²) in [6, 6.07) is 10.5. The Kier molecular flexibility index (Phi) is 4.94. The molecule has 1 N–H and O–H groups in total. The molecule has 2 atom stereocenters. The molecule has 1 aromatic carbocycles. The number of pyridine rings is 1. The number of ether oxygens (including phenoxy) is 1. The summed E-state index contributed by atoms with van der Waals surface area (Å²) >= 11 is 0. The minimum absolute atomic E-state index is 0.105. The summed E-state index contributed by atoms with van der Waals surface area (Å²) in [7, 11) is 0. The lowest BCUT2D eigenvalue weighted by molar-refractivity contribution is -0.132. The van der Waals surface area contributed by atoms with Crippen molar-refractivity contribution in [1.82, 2.24) is 10.3 Å². The molecule has 1 saturated carbocycles. The fourth-order valence-corrected chi connectivity index (χ4v) is 4.48. The molecule has 2 aliphatic rings. The van der Waals surface area contributed by atoms with Crippen molar-refractivity contribution in [3.63, 3.8) is 0 Å². The average Bonchev–Trinajstić information content (AvgIpc) is 3.09. The van der Waals surface area contributed by atoms with E-state index in [0.29, 0.717) is 19.1 Å². The first-order valence-electron chi connectivity index (χ1n) is 9.87. The lowest BCUT2D eigenvalue weighted by Gasteiger charge is -2.34. The van der Waals surface area contributed by atoms with Gasteiger partial charge in [-0.05, 0) is 37.0 Å². The van der Waals surface area contributed by atoms with Crippen LogP contribution >= 0.6 is 0 Å². The van der Waals surface area contributed by atoms with E-state index in [1.807, 2.05) is 18.3 Å². The van der Waals surface area contributed by atoms with Crippen LogP contribution in [0.15, 0.2) is 36.5 Å². The highest BCUT2D eigenvalue weighted by Crippen LogP contribution is 2.36. The van der Waals surface area contributed by atoms with E-state index in [9.17, 15) is 4.79 Å². The first kappa shape index (κ1) is 17.5. The van der Waals surface area contributed by atoms with Gasteiger partial charge < -0.3 is 10.1 Å². The topological polar surface area (TPSA) is 51.2 Å². The first-order valence-corrected chi connectivity index (χ1v) is 9.87. The lowest BCUT2D eigenvalue weighted by atomic mass is 9.75. The number of carbonyl (C=O) groups is 1. The standard InChI is InChI=1S/C22H28N2O2/c1-22(10-5-2-6-11-22)21(25)24-20-15-26-14-17(20)13-16-9-12-23-19-8-4-3-7-18(16)19/h3-4,7-9,12,17,20H,2,5-6,10-11,13-15H2,1H3,(H,24,25)/t17-,20-/m1/s1. The van der Waals surface area contributed by atoms with E-state index in [-0.39, 0.29) is 17.4 Å². The number of hydrogen-bond donors (Lipinski definition) is 1. The molecule has 1 amide bonds. The fourth-order valence-electron chi connectivity index (χ4n) is 4.48. The van der Waals surface area contributed by atoms with E-state index in [0.717, 1.165) is 37.6 Å². The third-order valence-corrected chi connectivity index (χ3v) is 6.24. The van der Waals surface area contributed by atoms with E-state index in [4.69, 9.17) is 4.74 Å². The number of nitrogens with one attached hydrogen (secondary N) is 1. The third-order valence-electron chi connectivity index (χ3n) is 6.24. The highest BCUT2D eigenvalue weighted by Gasteiger charge is 2.38. The molecule has 4 heteroatoms. The summed E-state index contributed by atoms with van der Waals surface area (Å²) in [4.78, 5) is 17.4. The monoisotopic (exact) mass is 352 g/mol. The molecule has 1 aliphatic heterocycles. The second kappa shape index (κ2) is 7.36. The van der Waals surface area contributed by atoms with E-state index in [1.165, 1.54) is 17.4 Å². The quantitative estimate of drug-likeness (QED) is 0.908. The van der Waals surface area contributed by atoms with Gasteiger partial charge in [0, 0.05) is 22.9 Å². The van der Waals surface area contributed by atoms with Crippen LogP contribution in [0, 0.1) is 11.3 Å². The maximum atomic E-state index is 12.9. The van der Waals surface area contributed by atoms with Crippen LogP contribution in [0.3, 0.4) is 0 Å². The van der Waals surface area contributed by atoms with Crippen LogP contribution in [-0.4, -0.2) is 30.1 Å². The Hall–Kier alpha value is -1.94. The van der Waals surface area contributed by atoms with E-state index >= 15 is 0 Å². The molecule has 4 rings (SSSR count). The predicted molar refractivity (Wildman–Crippen MR) is 103 cm³/mol. The predicted octanol–water partition coefficient (Wildman–Crippen LogP) is 3.88. The van der Waals surface area contributed by atoms with Gasteiger partial charge in [0.1, 0.15) is 0 Å². The highest BCUT2D eigenvalue weighted by molar-refractivity contribution is 5.83. The van der Waals surface area contributed by atoms with Crippen molar-refractivity contribution >= 4 is 16.8 Å². The van der Waals surface area contributed by atoms with E-state index < -0.39 is 0 Å². The number of aromatic nitrogens is 1. The lowest BCUT2D eigenvalue weighted by Crippen LogP contribution is -2.48. The fraction of sp³-hybridized carbons (Fsp3) is 0.545. The minimum atomic E-state index is -0.200. The second-order valence-corrected chi connectivity index (χ2v) is 8.19. The SMILES string of the molecule is CC1(C(=O)N[C@@H]2COC[C@H]2Cc2ccnc3ccccc23)CCCCC1. The van der Waals surface area contributed by atoms with Gasteiger partial charge in [0.15, 0.2) is 0 Å². The molecule has 0 unspecified atom stereocenters. The van der Waals surface area contributed by atoms with Crippen molar-refractivity contribution in [2.24, 2.45) is 11.3 Å². The number of nitrogens with zero attached hydrogens (tertiary/aromatic N) is 1. The zero-order valence-corrected chi connectivity index (χ0v) is 15.5. The minimum Gasteiger partial charge on any atom is -0.379 e. The van der Waals surface area contributed by atoms with Gasteiger partial charge in [0.05, 0.1) is 24.8 Å². The molecule has 26 heavy (non-hydrogen) atoms. The summed E-state index contributed by atoms with van der Waals surface area (Å²) in [6.07, 6.45) is 8.38. The Morgan fingerprint density at radius 1 is 1.19 bits per heavy atom. The van der Waals surface area contributed by atoms with Crippen LogP contribution in [-0.2, 0) is 16.0 Å². The Labute approximate surface area is 155 Å². The molecule has 1 aliphatic carbocycles. The number of benzene rings is 1. The summed E-state index contributed by atoms with van der Waals surface area (Å²) in [6.45, 7) is 3.45. The van der Waals surface area contributed by atoms with Gasteiger partial charge >= 0.3 is 0 Å². The van der Waals surface area contributed by atoms with Gasteiger partial charge in [0.2, 0.25) is 5.91 Å². The Balaban J connectivity index is 1.47. The second-order valence-electron chi connectivity index (χ2n) is 8.19. The van der Waals surface area contributed by atoms with Crippen molar-refractivity contribution < 1.29 is 9.53 Å². The van der Waals surface area contributed by atoms with Crippen molar-refractivity contribution in [3.05, 3.63) is 42.1 Å². The van der Waals surface area contributed by atoms with Crippen molar-refractivity contribution in [3.8, 4) is 0 Å². The highest BCUT2D eigenvalue weighted by atomic mass is 16.5. The molecule has 1 saturated heterocycles. The van der Waals surface area contributed by atoms with Crippen molar-refractivity contribution in [1.29, 1.82) is 0 Å². The van der Waals surface area contributed by atoms with Gasteiger partial charge in [0.25, 0.3) is 0 Å². The van der Waals surface area contributed by atoms with Crippen LogP contribution in [0.1, 0.15) is 44.6 Å². The number of rotatable bonds is 4. The molecule has 0 spiro atoms. The number of para-hydroxylation sites is 1. The van der Waals surface area contributed by atoms with Crippen LogP contribution < -0.4 is 5.32 Å². The van der Waals surface area contributed by atoms with Crippen LogP contribution in [0.2, 0.25) is 0 Å². The van der Waals surface area contributed by atoms with Gasteiger partial charge in [-0.2, -0.15) is 0 Å². The Bertz CT molecular complexity index is 777. The third kappa shape index (κ3) is 3.48. The molecule has 4 nitrogen and oxygen atoms in total. The molecule has 138 valence electrons. The molecule has 2 fully saturated rings. The molecule has 0 radical (unpaired) electrons. The molecule has 1 aromatic heterocycles. The number of fused-ring (bicyclic) bond motifs is 1. The van der Waals surface area contributed by atoms with Crippen LogP contribution in [0.25, 0.3) is 10.9 Å². The van der Waals surface area contributed by atoms with Gasteiger partial charge in [-0.15, -0.1) is 0 Å². The zero-order chi connectivity index (χ0) is 18.0. The molecule has 2 aromatic rings. The van der Waals surface area contributed by atoms with Crippen molar-refractivity contribution in [2.45, 2.75) is 51.5 Å². The van der Waals surface area contributed by atoms with Gasteiger partial charge in [-0.3, -0.25) is 9.78 Å². The Morgan fingerprint density at radius 2 is 2.00 bits per heavy atom.